The molecule has 0 unspecified atom stereocenters. The highest BCUT2D eigenvalue weighted by molar-refractivity contribution is 5.36. The molecule has 2 nitrogen and oxygen atoms in total. The van der Waals surface area contributed by atoms with Crippen LogP contribution in [0.5, 0.6) is 0 Å². The van der Waals surface area contributed by atoms with Gasteiger partial charge in [0.15, 0.2) is 0 Å². The van der Waals surface area contributed by atoms with Crippen LogP contribution >= 0.6 is 0 Å². The molecule has 0 amide bonds. The summed E-state index contributed by atoms with van der Waals surface area (Å²) < 4.78 is 13.3. The van der Waals surface area contributed by atoms with Gasteiger partial charge in [-0.05, 0) is 56.0 Å². The maximum Gasteiger partial charge on any atom is 0.123 e. The van der Waals surface area contributed by atoms with Gasteiger partial charge in [0.25, 0.3) is 0 Å². The van der Waals surface area contributed by atoms with E-state index in [1.807, 2.05) is 20.8 Å². The Morgan fingerprint density at radius 3 is 2.76 bits per heavy atom. The lowest BCUT2D eigenvalue weighted by molar-refractivity contribution is 0.208. The summed E-state index contributed by atoms with van der Waals surface area (Å²) in [6, 6.07) is 3.29. The minimum atomic E-state index is -0.175. The predicted octanol–water partition coefficient (Wildman–Crippen LogP) is 2.23. The van der Waals surface area contributed by atoms with Gasteiger partial charge in [0.05, 0.1) is 0 Å². The Morgan fingerprint density at radius 2 is 2.12 bits per heavy atom. The number of halogens is 1. The Labute approximate surface area is 103 Å². The first kappa shape index (κ1) is 12.5. The van der Waals surface area contributed by atoms with E-state index in [1.54, 1.807) is 12.1 Å². The third-order valence-electron chi connectivity index (χ3n) is 3.24. The van der Waals surface area contributed by atoms with E-state index in [2.05, 4.69) is 4.90 Å². The van der Waals surface area contributed by atoms with Crippen LogP contribution in [0.25, 0.3) is 0 Å². The molecule has 17 heavy (non-hydrogen) atoms. The maximum atomic E-state index is 13.3. The molecule has 94 valence electrons. The molecule has 1 aliphatic rings. The Hall–Kier alpha value is -0.930. The fraction of sp³-hybridized carbons (Fsp3) is 0.571. The molecule has 1 aliphatic heterocycles. The van der Waals surface area contributed by atoms with Crippen LogP contribution in [-0.4, -0.2) is 23.5 Å². The van der Waals surface area contributed by atoms with Gasteiger partial charge in [-0.15, -0.1) is 0 Å². The topological polar surface area (TPSA) is 29.3 Å². The van der Waals surface area contributed by atoms with Crippen molar-refractivity contribution < 1.29 is 4.39 Å². The maximum absolute atomic E-state index is 13.3. The highest BCUT2D eigenvalue weighted by atomic mass is 19.1. The average Bonchev–Trinajstić information content (AvgIpc) is 2.16. The van der Waals surface area contributed by atoms with Crippen molar-refractivity contribution in [3.8, 4) is 0 Å². The number of benzene rings is 1. The number of hydrogen-bond acceptors (Lipinski definition) is 2. The van der Waals surface area contributed by atoms with E-state index in [0.717, 1.165) is 37.2 Å². The quantitative estimate of drug-likeness (QED) is 0.853. The number of hydrogen-bond donors (Lipinski definition) is 1. The Balaban J connectivity index is 2.19. The van der Waals surface area contributed by atoms with Crippen LogP contribution in [0.3, 0.4) is 0 Å². The summed E-state index contributed by atoms with van der Waals surface area (Å²) in [4.78, 5) is 2.35. The van der Waals surface area contributed by atoms with E-state index in [0.29, 0.717) is 0 Å². The summed E-state index contributed by atoms with van der Waals surface area (Å²) >= 11 is 0. The van der Waals surface area contributed by atoms with Gasteiger partial charge >= 0.3 is 0 Å². The molecule has 2 rings (SSSR count). The lowest BCUT2D eigenvalue weighted by atomic mass is 9.94. The van der Waals surface area contributed by atoms with E-state index < -0.39 is 0 Å². The fourth-order valence-electron chi connectivity index (χ4n) is 2.58. The lowest BCUT2D eigenvalue weighted by Crippen LogP contribution is -2.46. The van der Waals surface area contributed by atoms with Crippen LogP contribution in [0, 0.1) is 12.7 Å². The molecule has 0 fully saturated rings. The summed E-state index contributed by atoms with van der Waals surface area (Å²) in [5.41, 5.74) is 9.37. The lowest BCUT2D eigenvalue weighted by Gasteiger charge is -2.34. The Bertz CT molecular complexity index is 421. The van der Waals surface area contributed by atoms with Crippen molar-refractivity contribution in [2.45, 2.75) is 39.3 Å². The molecule has 0 saturated heterocycles. The summed E-state index contributed by atoms with van der Waals surface area (Å²) in [7, 11) is 0. The van der Waals surface area contributed by atoms with E-state index >= 15 is 0 Å². The molecule has 1 aromatic carbocycles. The minimum Gasteiger partial charge on any atom is -0.324 e. The van der Waals surface area contributed by atoms with Gasteiger partial charge < -0.3 is 5.73 Å². The van der Waals surface area contributed by atoms with Crippen molar-refractivity contribution in [1.82, 2.24) is 4.90 Å². The molecule has 3 heteroatoms. The zero-order valence-electron chi connectivity index (χ0n) is 10.9. The molecule has 0 radical (unpaired) electrons. The predicted molar refractivity (Wildman–Crippen MR) is 68.4 cm³/mol. The largest absolute Gasteiger partial charge is 0.324 e. The average molecular weight is 236 g/mol. The first-order chi connectivity index (χ1) is 7.85. The fourth-order valence-corrected chi connectivity index (χ4v) is 2.58. The van der Waals surface area contributed by atoms with E-state index in [9.17, 15) is 4.39 Å². The van der Waals surface area contributed by atoms with Crippen molar-refractivity contribution in [3.63, 3.8) is 0 Å². The van der Waals surface area contributed by atoms with Gasteiger partial charge in [-0.2, -0.15) is 0 Å². The molecule has 0 saturated carbocycles. The highest BCUT2D eigenvalue weighted by Crippen LogP contribution is 2.24. The number of nitrogens with two attached hydrogens (primary N) is 1. The van der Waals surface area contributed by atoms with Crippen LogP contribution in [0.4, 0.5) is 4.39 Å². The van der Waals surface area contributed by atoms with Gasteiger partial charge in [-0.3, -0.25) is 4.90 Å². The van der Waals surface area contributed by atoms with Crippen molar-refractivity contribution in [2.75, 3.05) is 13.1 Å². The molecule has 0 aromatic heterocycles. The standard InChI is InChI=1S/C14H21FN2/c1-10-6-12(15)7-11-4-5-17(8-13(10)11)9-14(2,3)16/h6-7H,4-5,8-9,16H2,1-3H3. The number of aryl methyl sites for hydroxylation is 1. The van der Waals surface area contributed by atoms with Gasteiger partial charge in [0, 0.05) is 25.2 Å². The van der Waals surface area contributed by atoms with Gasteiger partial charge in [0.1, 0.15) is 5.82 Å². The van der Waals surface area contributed by atoms with Crippen molar-refractivity contribution in [3.05, 3.63) is 34.6 Å². The molecule has 0 aliphatic carbocycles. The van der Waals surface area contributed by atoms with Crippen LogP contribution in [0.15, 0.2) is 12.1 Å². The molecular weight excluding hydrogens is 215 g/mol. The third kappa shape index (κ3) is 3.05. The van der Waals surface area contributed by atoms with Gasteiger partial charge in [-0.25, -0.2) is 4.39 Å². The van der Waals surface area contributed by atoms with Crippen LogP contribution in [0.1, 0.15) is 30.5 Å². The number of fused-ring (bicyclic) bond motifs is 1. The van der Waals surface area contributed by atoms with Gasteiger partial charge in [-0.1, -0.05) is 0 Å². The summed E-state index contributed by atoms with van der Waals surface area (Å²) in [6.45, 7) is 8.81. The minimum absolute atomic E-state index is 0.117. The molecular formula is C14H21FN2. The highest BCUT2D eigenvalue weighted by Gasteiger charge is 2.22. The van der Waals surface area contributed by atoms with E-state index in [-0.39, 0.29) is 11.4 Å². The molecule has 0 atom stereocenters. The molecule has 0 spiro atoms. The number of rotatable bonds is 2. The van der Waals surface area contributed by atoms with E-state index in [4.69, 9.17) is 5.73 Å². The van der Waals surface area contributed by atoms with Crippen molar-refractivity contribution >= 4 is 0 Å². The zero-order valence-corrected chi connectivity index (χ0v) is 10.9. The SMILES string of the molecule is Cc1cc(F)cc2c1CN(CC(C)(C)N)CC2. The monoisotopic (exact) mass is 236 g/mol. The van der Waals surface area contributed by atoms with E-state index in [1.165, 1.54) is 5.56 Å². The van der Waals surface area contributed by atoms with Crippen molar-refractivity contribution in [1.29, 1.82) is 0 Å². The normalized spacial score (nSPS) is 17.0. The second-order valence-corrected chi connectivity index (χ2v) is 5.81. The third-order valence-corrected chi connectivity index (χ3v) is 3.24. The van der Waals surface area contributed by atoms with Crippen LogP contribution in [0.2, 0.25) is 0 Å². The Kier molecular flexibility index (Phi) is 3.23. The molecule has 1 heterocycles. The Morgan fingerprint density at radius 1 is 1.41 bits per heavy atom. The van der Waals surface area contributed by atoms with Gasteiger partial charge in [0.2, 0.25) is 0 Å². The zero-order chi connectivity index (χ0) is 12.6. The number of nitrogens with zero attached hydrogens (tertiary/aromatic N) is 1. The summed E-state index contributed by atoms with van der Waals surface area (Å²) in [5, 5.41) is 0. The first-order valence-corrected chi connectivity index (χ1v) is 6.14. The second kappa shape index (κ2) is 4.39. The smallest absolute Gasteiger partial charge is 0.123 e. The summed E-state index contributed by atoms with van der Waals surface area (Å²) in [5.74, 6) is -0.117. The molecule has 2 N–H and O–H groups in total. The van der Waals surface area contributed by atoms with Crippen molar-refractivity contribution in [2.24, 2.45) is 5.73 Å². The van der Waals surface area contributed by atoms with Crippen LogP contribution < -0.4 is 5.73 Å². The first-order valence-electron chi connectivity index (χ1n) is 6.14. The molecule has 0 bridgehead atoms. The second-order valence-electron chi connectivity index (χ2n) is 5.81. The summed E-state index contributed by atoms with van der Waals surface area (Å²) in [6.07, 6.45) is 0.921. The molecule has 1 aromatic rings. The van der Waals surface area contributed by atoms with Crippen LogP contribution in [-0.2, 0) is 13.0 Å².